The third-order valence-corrected chi connectivity index (χ3v) is 6.97. The number of carbonyl (C=O) groups is 1. The van der Waals surface area contributed by atoms with Gasteiger partial charge in [-0.25, -0.2) is 4.79 Å². The van der Waals surface area contributed by atoms with Crippen LogP contribution < -0.4 is 9.47 Å². The molecule has 0 radical (unpaired) electrons. The highest BCUT2D eigenvalue weighted by Crippen LogP contribution is 2.43. The number of esters is 1. The van der Waals surface area contributed by atoms with Crippen LogP contribution in [0.25, 0.3) is 0 Å². The van der Waals surface area contributed by atoms with E-state index in [0.717, 1.165) is 5.56 Å². The first kappa shape index (κ1) is 18.5. The summed E-state index contributed by atoms with van der Waals surface area (Å²) in [6.45, 7) is 1.76. The lowest BCUT2D eigenvalue weighted by Crippen LogP contribution is -2.18. The average Bonchev–Trinajstić information content (AvgIpc) is 2.64. The minimum atomic E-state index is -0.477. The quantitative estimate of drug-likeness (QED) is 0.494. The highest BCUT2D eigenvalue weighted by Gasteiger charge is 2.16. The number of rotatable bonds is 5. The molecule has 6 heteroatoms. The van der Waals surface area contributed by atoms with Crippen LogP contribution in [0.3, 0.4) is 0 Å². The topological polar surface area (TPSA) is 35.5 Å². The second kappa shape index (κ2) is 8.88. The molecule has 0 bridgehead atoms. The van der Waals surface area contributed by atoms with Crippen molar-refractivity contribution in [3.63, 3.8) is 0 Å². The first-order valence-corrected chi connectivity index (χ1v) is 10.5. The summed E-state index contributed by atoms with van der Waals surface area (Å²) in [6.07, 6.45) is 1.28. The number of ether oxygens (including phenoxy) is 2. The van der Waals surface area contributed by atoms with Crippen molar-refractivity contribution < 1.29 is 14.3 Å². The Morgan fingerprint density at radius 2 is 1.88 bits per heavy atom. The van der Waals surface area contributed by atoms with Crippen molar-refractivity contribution in [2.45, 2.75) is 17.9 Å². The van der Waals surface area contributed by atoms with Crippen LogP contribution >= 0.6 is 35.1 Å². The van der Waals surface area contributed by atoms with Crippen molar-refractivity contribution in [3.05, 3.63) is 58.6 Å². The van der Waals surface area contributed by atoms with Gasteiger partial charge in [-0.3, -0.25) is 0 Å². The highest BCUT2D eigenvalue weighted by atomic mass is 35.5. The lowest BCUT2D eigenvalue weighted by atomic mass is 10.2. The molecule has 2 aromatic carbocycles. The van der Waals surface area contributed by atoms with Crippen molar-refractivity contribution in [2.75, 3.05) is 18.1 Å². The molecule has 0 N–H and O–H groups in total. The van der Waals surface area contributed by atoms with Crippen LogP contribution in [-0.4, -0.2) is 24.1 Å². The standard InChI is InChI=1S/C19H19ClO3S2/c1-13-3-8-16(20)17(11-13)23-18(21)12-22-15-6-4-14(5-7-15)19-24-9-2-10-25-19/h3-8,11,19H,2,9-10,12H2,1H3. The van der Waals surface area contributed by atoms with Crippen molar-refractivity contribution in [1.82, 2.24) is 0 Å². The summed E-state index contributed by atoms with van der Waals surface area (Å²) < 4.78 is 11.3. The maximum absolute atomic E-state index is 12.0. The molecular weight excluding hydrogens is 376 g/mol. The monoisotopic (exact) mass is 394 g/mol. The normalized spacial score (nSPS) is 15.0. The van der Waals surface area contributed by atoms with E-state index in [2.05, 4.69) is 12.1 Å². The zero-order valence-corrected chi connectivity index (χ0v) is 16.3. The number of halogens is 1. The Kier molecular flexibility index (Phi) is 6.57. The minimum Gasteiger partial charge on any atom is -0.482 e. The van der Waals surface area contributed by atoms with E-state index in [4.69, 9.17) is 21.1 Å². The smallest absolute Gasteiger partial charge is 0.349 e. The Morgan fingerprint density at radius 3 is 2.60 bits per heavy atom. The van der Waals surface area contributed by atoms with E-state index in [1.807, 2.05) is 48.6 Å². The van der Waals surface area contributed by atoms with Gasteiger partial charge < -0.3 is 9.47 Å². The van der Waals surface area contributed by atoms with E-state index < -0.39 is 5.97 Å². The van der Waals surface area contributed by atoms with Crippen molar-refractivity contribution >= 4 is 41.1 Å². The molecule has 2 aromatic rings. The summed E-state index contributed by atoms with van der Waals surface area (Å²) in [6, 6.07) is 13.2. The molecule has 0 amide bonds. The van der Waals surface area contributed by atoms with Crippen molar-refractivity contribution in [3.8, 4) is 11.5 Å². The average molecular weight is 395 g/mol. The summed E-state index contributed by atoms with van der Waals surface area (Å²) in [4.78, 5) is 12.0. The van der Waals surface area contributed by atoms with Crippen LogP contribution in [0.4, 0.5) is 0 Å². The Bertz CT molecular complexity index is 728. The highest BCUT2D eigenvalue weighted by molar-refractivity contribution is 8.16. The molecule has 25 heavy (non-hydrogen) atoms. The molecular formula is C19H19ClO3S2. The zero-order chi connectivity index (χ0) is 17.6. The zero-order valence-electron chi connectivity index (χ0n) is 13.9. The summed E-state index contributed by atoms with van der Waals surface area (Å²) in [5.41, 5.74) is 2.26. The molecule has 1 heterocycles. The molecule has 1 aliphatic rings. The summed E-state index contributed by atoms with van der Waals surface area (Å²) in [5, 5.41) is 0.408. The summed E-state index contributed by atoms with van der Waals surface area (Å²) in [5.74, 6) is 2.96. The minimum absolute atomic E-state index is 0.156. The second-order valence-corrected chi connectivity index (χ2v) is 8.82. The van der Waals surface area contributed by atoms with E-state index in [-0.39, 0.29) is 6.61 Å². The van der Waals surface area contributed by atoms with E-state index >= 15 is 0 Å². The van der Waals surface area contributed by atoms with Gasteiger partial charge in [-0.05, 0) is 60.2 Å². The fourth-order valence-corrected chi connectivity index (χ4v) is 5.44. The second-order valence-electron chi connectivity index (χ2n) is 5.69. The fraction of sp³-hybridized carbons (Fsp3) is 0.316. The van der Waals surface area contributed by atoms with Gasteiger partial charge in [0, 0.05) is 0 Å². The molecule has 0 unspecified atom stereocenters. The maximum atomic E-state index is 12.0. The molecule has 132 valence electrons. The van der Waals surface area contributed by atoms with Crippen LogP contribution in [-0.2, 0) is 4.79 Å². The number of carbonyl (C=O) groups excluding carboxylic acids is 1. The van der Waals surface area contributed by atoms with Gasteiger partial charge >= 0.3 is 5.97 Å². The summed E-state index contributed by atoms with van der Waals surface area (Å²) in [7, 11) is 0. The van der Waals surface area contributed by atoms with Crippen LogP contribution in [0.1, 0.15) is 22.1 Å². The van der Waals surface area contributed by atoms with Crippen molar-refractivity contribution in [1.29, 1.82) is 0 Å². The first-order valence-electron chi connectivity index (χ1n) is 8.04. The number of hydrogen-bond acceptors (Lipinski definition) is 5. The number of aryl methyl sites for hydroxylation is 1. The van der Waals surface area contributed by atoms with Crippen LogP contribution in [0.5, 0.6) is 11.5 Å². The number of hydrogen-bond donors (Lipinski definition) is 0. The number of benzene rings is 2. The van der Waals surface area contributed by atoms with Gasteiger partial charge in [0.1, 0.15) is 11.5 Å². The first-order chi connectivity index (χ1) is 12.1. The Hall–Kier alpha value is -1.30. The van der Waals surface area contributed by atoms with E-state index in [1.165, 1.54) is 23.5 Å². The molecule has 0 atom stereocenters. The van der Waals surface area contributed by atoms with Gasteiger partial charge in [-0.15, -0.1) is 23.5 Å². The van der Waals surface area contributed by atoms with E-state index in [1.54, 1.807) is 12.1 Å². The molecule has 0 spiro atoms. The molecule has 0 aliphatic carbocycles. The van der Waals surface area contributed by atoms with Gasteiger partial charge in [0.2, 0.25) is 0 Å². The van der Waals surface area contributed by atoms with Crippen molar-refractivity contribution in [2.24, 2.45) is 0 Å². The molecule has 1 saturated heterocycles. The third-order valence-electron chi connectivity index (χ3n) is 3.65. The van der Waals surface area contributed by atoms with Gasteiger partial charge in [0.25, 0.3) is 0 Å². The van der Waals surface area contributed by atoms with Crippen LogP contribution in [0.15, 0.2) is 42.5 Å². The van der Waals surface area contributed by atoms with Crippen LogP contribution in [0.2, 0.25) is 5.02 Å². The third kappa shape index (κ3) is 5.33. The summed E-state index contributed by atoms with van der Waals surface area (Å²) >= 11 is 9.99. The maximum Gasteiger partial charge on any atom is 0.349 e. The molecule has 3 rings (SSSR count). The Balaban J connectivity index is 1.52. The predicted molar refractivity (Wildman–Crippen MR) is 106 cm³/mol. The predicted octanol–water partition coefficient (Wildman–Crippen LogP) is 5.50. The van der Waals surface area contributed by atoms with Gasteiger partial charge in [0.15, 0.2) is 6.61 Å². The SMILES string of the molecule is Cc1ccc(Cl)c(OC(=O)COc2ccc(C3SCCCS3)cc2)c1. The largest absolute Gasteiger partial charge is 0.482 e. The lowest BCUT2D eigenvalue weighted by molar-refractivity contribution is -0.136. The molecule has 1 fully saturated rings. The number of thioether (sulfide) groups is 2. The Labute approximate surface area is 161 Å². The molecule has 3 nitrogen and oxygen atoms in total. The lowest BCUT2D eigenvalue weighted by Gasteiger charge is -2.21. The molecule has 0 aromatic heterocycles. The molecule has 0 saturated carbocycles. The van der Waals surface area contributed by atoms with E-state index in [0.29, 0.717) is 21.1 Å². The van der Waals surface area contributed by atoms with Gasteiger partial charge in [0.05, 0.1) is 9.60 Å². The van der Waals surface area contributed by atoms with Gasteiger partial charge in [-0.2, -0.15) is 0 Å². The fourth-order valence-electron chi connectivity index (χ4n) is 2.38. The van der Waals surface area contributed by atoms with Gasteiger partial charge in [-0.1, -0.05) is 29.8 Å². The van der Waals surface area contributed by atoms with Crippen LogP contribution in [0, 0.1) is 6.92 Å². The Morgan fingerprint density at radius 1 is 1.16 bits per heavy atom. The van der Waals surface area contributed by atoms with E-state index in [9.17, 15) is 4.79 Å². The molecule has 1 aliphatic heterocycles.